The van der Waals surface area contributed by atoms with Gasteiger partial charge in [-0.05, 0) is 18.6 Å². The van der Waals surface area contributed by atoms with Crippen LogP contribution < -0.4 is 5.32 Å². The van der Waals surface area contributed by atoms with Gasteiger partial charge in [-0.25, -0.2) is 9.37 Å². The predicted octanol–water partition coefficient (Wildman–Crippen LogP) is 3.75. The van der Waals surface area contributed by atoms with Crippen molar-refractivity contribution >= 4 is 22.7 Å². The number of halogens is 1. The summed E-state index contributed by atoms with van der Waals surface area (Å²) in [7, 11) is 0. The largest absolute Gasteiger partial charge is 0.370 e. The summed E-state index contributed by atoms with van der Waals surface area (Å²) < 4.78 is 13.1. The summed E-state index contributed by atoms with van der Waals surface area (Å²) in [6, 6.07) is 3.37. The van der Waals surface area contributed by atoms with Gasteiger partial charge >= 0.3 is 0 Å². The zero-order chi connectivity index (χ0) is 13.8. The highest BCUT2D eigenvalue weighted by Crippen LogP contribution is 2.30. The lowest BCUT2D eigenvalue weighted by molar-refractivity contribution is -0.384. The van der Waals surface area contributed by atoms with Crippen LogP contribution in [-0.2, 0) is 0 Å². The van der Waals surface area contributed by atoms with Crippen molar-refractivity contribution in [2.45, 2.75) is 19.4 Å². The molecular weight excluding hydrogens is 269 g/mol. The van der Waals surface area contributed by atoms with Gasteiger partial charge in [0.2, 0.25) is 0 Å². The average molecular weight is 281 g/mol. The molecule has 1 unspecified atom stereocenters. The molecule has 5 nitrogen and oxygen atoms in total. The quantitative estimate of drug-likeness (QED) is 0.669. The van der Waals surface area contributed by atoms with E-state index >= 15 is 0 Å². The molecule has 100 valence electrons. The Labute approximate surface area is 113 Å². The molecule has 0 aliphatic heterocycles. The number of hydrogen-bond acceptors (Lipinski definition) is 5. The lowest BCUT2D eigenvalue weighted by Crippen LogP contribution is -2.10. The first kappa shape index (κ1) is 13.4. The third-order valence-corrected chi connectivity index (χ3v) is 3.53. The average Bonchev–Trinajstić information content (AvgIpc) is 2.90. The van der Waals surface area contributed by atoms with Crippen molar-refractivity contribution in [3.63, 3.8) is 0 Å². The highest BCUT2D eigenvalue weighted by molar-refractivity contribution is 7.09. The van der Waals surface area contributed by atoms with Crippen LogP contribution >= 0.6 is 11.3 Å². The van der Waals surface area contributed by atoms with Gasteiger partial charge in [0.1, 0.15) is 16.5 Å². The van der Waals surface area contributed by atoms with E-state index < -0.39 is 10.7 Å². The van der Waals surface area contributed by atoms with Gasteiger partial charge in [0, 0.05) is 11.6 Å². The number of hydrogen-bond donors (Lipinski definition) is 1. The molecular formula is C12H12FN3O2S. The molecule has 0 aliphatic carbocycles. The molecule has 2 rings (SSSR count). The van der Waals surface area contributed by atoms with Gasteiger partial charge in [0.15, 0.2) is 0 Å². The Morgan fingerprint density at radius 1 is 1.58 bits per heavy atom. The smallest absolute Gasteiger partial charge is 0.295 e. The second-order valence-electron chi connectivity index (χ2n) is 3.89. The molecule has 1 N–H and O–H groups in total. The van der Waals surface area contributed by atoms with Gasteiger partial charge in [0.25, 0.3) is 5.69 Å². The Morgan fingerprint density at radius 3 is 2.95 bits per heavy atom. The molecule has 2 aromatic rings. The van der Waals surface area contributed by atoms with Crippen molar-refractivity contribution < 1.29 is 9.31 Å². The Kier molecular flexibility index (Phi) is 4.06. The molecule has 0 radical (unpaired) electrons. The molecule has 0 saturated carbocycles. The maximum absolute atomic E-state index is 13.1. The fourth-order valence-electron chi connectivity index (χ4n) is 1.71. The van der Waals surface area contributed by atoms with Crippen molar-refractivity contribution in [2.75, 3.05) is 5.32 Å². The SMILES string of the molecule is CCC(Nc1ccc(F)cc1[N+](=O)[O-])c1nccs1. The van der Waals surface area contributed by atoms with E-state index in [2.05, 4.69) is 10.3 Å². The lowest BCUT2D eigenvalue weighted by atomic mass is 10.2. The van der Waals surface area contributed by atoms with E-state index in [1.807, 2.05) is 12.3 Å². The Balaban J connectivity index is 2.29. The molecule has 0 fully saturated rings. The minimum Gasteiger partial charge on any atom is -0.370 e. The van der Waals surface area contributed by atoms with Crippen LogP contribution in [0.3, 0.4) is 0 Å². The van der Waals surface area contributed by atoms with Gasteiger partial charge in [-0.1, -0.05) is 6.92 Å². The maximum atomic E-state index is 13.1. The summed E-state index contributed by atoms with van der Waals surface area (Å²) in [4.78, 5) is 14.5. The first-order valence-electron chi connectivity index (χ1n) is 5.71. The standard InChI is InChI=1S/C12H12FN3O2S/c1-2-9(12-14-5-6-19-12)15-10-4-3-8(13)7-11(10)16(17)18/h3-7,9,15H,2H2,1H3. The molecule has 19 heavy (non-hydrogen) atoms. The summed E-state index contributed by atoms with van der Waals surface area (Å²) in [5.74, 6) is -0.625. The van der Waals surface area contributed by atoms with E-state index in [9.17, 15) is 14.5 Å². The van der Waals surface area contributed by atoms with Crippen molar-refractivity contribution in [1.82, 2.24) is 4.98 Å². The summed E-state index contributed by atoms with van der Waals surface area (Å²) in [5, 5.41) is 16.7. The minimum absolute atomic E-state index is 0.121. The van der Waals surface area contributed by atoms with Crippen LogP contribution in [0.2, 0.25) is 0 Å². The van der Waals surface area contributed by atoms with Gasteiger partial charge in [-0.2, -0.15) is 0 Å². The fraction of sp³-hybridized carbons (Fsp3) is 0.250. The normalized spacial score (nSPS) is 12.1. The van der Waals surface area contributed by atoms with Crippen LogP contribution in [-0.4, -0.2) is 9.91 Å². The van der Waals surface area contributed by atoms with Crippen LogP contribution in [0.1, 0.15) is 24.4 Å². The van der Waals surface area contributed by atoms with Crippen LogP contribution in [0.5, 0.6) is 0 Å². The third kappa shape index (κ3) is 3.05. The van der Waals surface area contributed by atoms with Crippen LogP contribution in [0.4, 0.5) is 15.8 Å². The van der Waals surface area contributed by atoms with Gasteiger partial charge in [-0.15, -0.1) is 11.3 Å². The zero-order valence-corrected chi connectivity index (χ0v) is 11.0. The monoisotopic (exact) mass is 281 g/mol. The highest BCUT2D eigenvalue weighted by atomic mass is 32.1. The second kappa shape index (κ2) is 5.75. The van der Waals surface area contributed by atoms with Crippen molar-refractivity contribution in [3.05, 3.63) is 50.7 Å². The van der Waals surface area contributed by atoms with E-state index in [4.69, 9.17) is 0 Å². The number of rotatable bonds is 5. The van der Waals surface area contributed by atoms with E-state index in [0.29, 0.717) is 5.69 Å². The topological polar surface area (TPSA) is 68.1 Å². The van der Waals surface area contributed by atoms with E-state index in [1.165, 1.54) is 23.5 Å². The zero-order valence-electron chi connectivity index (χ0n) is 10.2. The van der Waals surface area contributed by atoms with Crippen molar-refractivity contribution in [1.29, 1.82) is 0 Å². The van der Waals surface area contributed by atoms with E-state index in [1.54, 1.807) is 6.20 Å². The number of nitrogens with zero attached hydrogens (tertiary/aromatic N) is 2. The number of anilines is 1. The summed E-state index contributed by atoms with van der Waals surface area (Å²) in [6.45, 7) is 1.95. The van der Waals surface area contributed by atoms with E-state index in [-0.39, 0.29) is 11.7 Å². The summed E-state index contributed by atoms with van der Waals surface area (Å²) in [6.07, 6.45) is 2.41. The van der Waals surface area contributed by atoms with Gasteiger partial charge in [-0.3, -0.25) is 10.1 Å². The fourth-order valence-corrected chi connectivity index (χ4v) is 2.48. The van der Waals surface area contributed by atoms with Crippen molar-refractivity contribution in [3.8, 4) is 0 Å². The highest BCUT2D eigenvalue weighted by Gasteiger charge is 2.19. The Morgan fingerprint density at radius 2 is 2.37 bits per heavy atom. The number of aromatic nitrogens is 1. The van der Waals surface area contributed by atoms with Gasteiger partial charge in [0.05, 0.1) is 17.0 Å². The molecule has 1 atom stereocenters. The number of nitro groups is 1. The molecule has 0 spiro atoms. The second-order valence-corrected chi connectivity index (χ2v) is 4.82. The Bertz CT molecular complexity index is 574. The van der Waals surface area contributed by atoms with Gasteiger partial charge < -0.3 is 5.32 Å². The summed E-state index contributed by atoms with van der Waals surface area (Å²) >= 11 is 1.47. The Hall–Kier alpha value is -2.02. The molecule has 0 bridgehead atoms. The predicted molar refractivity (Wildman–Crippen MR) is 71.8 cm³/mol. The first-order chi connectivity index (χ1) is 9.11. The minimum atomic E-state index is -0.625. The molecule has 0 amide bonds. The third-order valence-electron chi connectivity index (χ3n) is 2.64. The molecule has 1 heterocycles. The molecule has 0 saturated heterocycles. The maximum Gasteiger partial charge on any atom is 0.295 e. The molecule has 7 heteroatoms. The number of thiazole rings is 1. The lowest BCUT2D eigenvalue weighted by Gasteiger charge is -2.15. The van der Waals surface area contributed by atoms with Crippen LogP contribution in [0, 0.1) is 15.9 Å². The van der Waals surface area contributed by atoms with Crippen LogP contribution in [0.15, 0.2) is 29.8 Å². The molecule has 1 aromatic carbocycles. The summed E-state index contributed by atoms with van der Waals surface area (Å²) in [5.41, 5.74) is 0.0310. The number of benzene rings is 1. The first-order valence-corrected chi connectivity index (χ1v) is 6.59. The molecule has 0 aliphatic rings. The van der Waals surface area contributed by atoms with Crippen molar-refractivity contribution in [2.24, 2.45) is 0 Å². The molecule has 1 aromatic heterocycles. The number of nitrogens with one attached hydrogen (secondary N) is 1. The van der Waals surface area contributed by atoms with Crippen LogP contribution in [0.25, 0.3) is 0 Å². The number of nitro benzene ring substituents is 1. The van der Waals surface area contributed by atoms with E-state index in [0.717, 1.165) is 17.5 Å².